The molecule has 0 aliphatic rings. The van der Waals surface area contributed by atoms with Crippen molar-refractivity contribution in [1.82, 2.24) is 4.90 Å². The summed E-state index contributed by atoms with van der Waals surface area (Å²) in [5.74, 6) is 0.568. The van der Waals surface area contributed by atoms with E-state index >= 15 is 0 Å². The van der Waals surface area contributed by atoms with Gasteiger partial charge in [0.2, 0.25) is 0 Å². The molecule has 0 heterocycles. The van der Waals surface area contributed by atoms with E-state index in [4.69, 9.17) is 4.74 Å². The van der Waals surface area contributed by atoms with Gasteiger partial charge in [-0.2, -0.15) is 0 Å². The number of ketones is 1. The molecule has 0 aromatic carbocycles. The van der Waals surface area contributed by atoms with E-state index < -0.39 is 0 Å². The molecule has 0 aliphatic carbocycles. The zero-order valence-corrected chi connectivity index (χ0v) is 6.84. The van der Waals surface area contributed by atoms with Gasteiger partial charge in [0.15, 0.2) is 11.7 Å². The molecule has 0 aromatic rings. The van der Waals surface area contributed by atoms with Crippen molar-refractivity contribution >= 4 is 5.78 Å². The lowest BCUT2D eigenvalue weighted by atomic mass is 10.4. The van der Waals surface area contributed by atoms with Crippen LogP contribution in [0.15, 0.2) is 12.0 Å². The van der Waals surface area contributed by atoms with Gasteiger partial charge in [0.25, 0.3) is 0 Å². The Morgan fingerprint density at radius 2 is 2.00 bits per heavy atom. The molecule has 0 fully saturated rings. The molecule has 0 spiro atoms. The van der Waals surface area contributed by atoms with E-state index in [1.807, 2.05) is 14.1 Å². The fourth-order valence-electron chi connectivity index (χ4n) is 0.544. The highest BCUT2D eigenvalue weighted by atomic mass is 16.5. The third kappa shape index (κ3) is 3.12. The minimum absolute atomic E-state index is 0.00875. The van der Waals surface area contributed by atoms with Gasteiger partial charge in [0.1, 0.15) is 0 Å². The number of carbonyl (C=O) groups excluding carboxylic acids is 1. The second kappa shape index (κ2) is 3.93. The first-order chi connectivity index (χ1) is 4.57. The summed E-state index contributed by atoms with van der Waals surface area (Å²) in [6.07, 6.45) is 1.44. The molecule has 0 saturated heterocycles. The maximum Gasteiger partial charge on any atom is 0.192 e. The number of methoxy groups -OCH3 is 1. The Morgan fingerprint density at radius 3 is 2.10 bits per heavy atom. The lowest BCUT2D eigenvalue weighted by molar-refractivity contribution is -0.112. The van der Waals surface area contributed by atoms with Crippen molar-refractivity contribution in [2.24, 2.45) is 0 Å². The van der Waals surface area contributed by atoms with E-state index in [-0.39, 0.29) is 5.78 Å². The van der Waals surface area contributed by atoms with Gasteiger partial charge < -0.3 is 9.64 Å². The number of nitrogens with zero attached hydrogens (tertiary/aromatic N) is 1. The highest BCUT2D eigenvalue weighted by molar-refractivity contribution is 5.87. The van der Waals surface area contributed by atoms with Gasteiger partial charge in [-0.1, -0.05) is 0 Å². The van der Waals surface area contributed by atoms with Crippen LogP contribution in [0.2, 0.25) is 0 Å². The molecular weight excluding hydrogens is 130 g/mol. The molecule has 0 aliphatic heterocycles. The van der Waals surface area contributed by atoms with Crippen molar-refractivity contribution in [2.45, 2.75) is 6.92 Å². The van der Waals surface area contributed by atoms with Crippen LogP contribution in [0, 0.1) is 0 Å². The van der Waals surface area contributed by atoms with E-state index in [0.717, 1.165) is 0 Å². The number of rotatable bonds is 3. The predicted octanol–water partition coefficient (Wildman–Crippen LogP) is 0.625. The smallest absolute Gasteiger partial charge is 0.192 e. The molecule has 3 heteroatoms. The molecular formula is C7H13NO2. The van der Waals surface area contributed by atoms with Gasteiger partial charge in [-0.25, -0.2) is 0 Å². The number of hydrogen-bond acceptors (Lipinski definition) is 3. The third-order valence-corrected chi connectivity index (χ3v) is 0.977. The molecule has 0 unspecified atom stereocenters. The Labute approximate surface area is 61.3 Å². The predicted molar refractivity (Wildman–Crippen MR) is 39.5 cm³/mol. The molecule has 0 saturated carbocycles. The second-order valence-electron chi connectivity index (χ2n) is 2.19. The Morgan fingerprint density at radius 1 is 1.50 bits per heavy atom. The second-order valence-corrected chi connectivity index (χ2v) is 2.19. The first-order valence-electron chi connectivity index (χ1n) is 3.01. The summed E-state index contributed by atoms with van der Waals surface area (Å²) >= 11 is 0. The first kappa shape index (κ1) is 9.01. The summed E-state index contributed by atoms with van der Waals surface area (Å²) in [6.45, 7) is 1.49. The Kier molecular flexibility index (Phi) is 3.54. The van der Waals surface area contributed by atoms with Gasteiger partial charge in [-0.05, 0) is 6.92 Å². The van der Waals surface area contributed by atoms with Crippen LogP contribution in [-0.2, 0) is 9.53 Å². The van der Waals surface area contributed by atoms with Crippen molar-refractivity contribution < 1.29 is 9.53 Å². The van der Waals surface area contributed by atoms with Crippen LogP contribution in [0.4, 0.5) is 0 Å². The molecule has 0 rings (SSSR count). The fraction of sp³-hybridized carbons (Fsp3) is 0.571. The SMILES string of the molecule is COC(=CC(C)=O)N(C)C. The zero-order valence-electron chi connectivity index (χ0n) is 6.84. The van der Waals surface area contributed by atoms with E-state index in [9.17, 15) is 4.79 Å². The summed E-state index contributed by atoms with van der Waals surface area (Å²) in [4.78, 5) is 12.3. The fourth-order valence-corrected chi connectivity index (χ4v) is 0.544. The third-order valence-electron chi connectivity index (χ3n) is 0.977. The molecule has 0 radical (unpaired) electrons. The van der Waals surface area contributed by atoms with Crippen molar-refractivity contribution in [3.05, 3.63) is 12.0 Å². The monoisotopic (exact) mass is 143 g/mol. The summed E-state index contributed by atoms with van der Waals surface area (Å²) in [5, 5.41) is 0. The zero-order chi connectivity index (χ0) is 8.15. The molecule has 3 nitrogen and oxygen atoms in total. The molecule has 0 N–H and O–H groups in total. The van der Waals surface area contributed by atoms with Crippen molar-refractivity contribution in [2.75, 3.05) is 21.2 Å². The Balaban J connectivity index is 4.18. The number of allylic oxidation sites excluding steroid dienone is 1. The molecule has 0 atom stereocenters. The number of ether oxygens (including phenoxy) is 1. The lowest BCUT2D eigenvalue weighted by Crippen LogP contribution is -2.13. The average molecular weight is 143 g/mol. The summed E-state index contributed by atoms with van der Waals surface area (Å²) in [6, 6.07) is 0. The van der Waals surface area contributed by atoms with Crippen LogP contribution in [0.5, 0.6) is 0 Å². The standard InChI is InChI=1S/C7H13NO2/c1-6(9)5-7(10-4)8(2)3/h5H,1-4H3. The molecule has 0 aromatic heterocycles. The van der Waals surface area contributed by atoms with E-state index in [0.29, 0.717) is 5.88 Å². The van der Waals surface area contributed by atoms with Gasteiger partial charge >= 0.3 is 0 Å². The lowest BCUT2D eigenvalue weighted by Gasteiger charge is -2.14. The van der Waals surface area contributed by atoms with Crippen LogP contribution in [0.25, 0.3) is 0 Å². The minimum Gasteiger partial charge on any atom is -0.482 e. The van der Waals surface area contributed by atoms with E-state index in [2.05, 4.69) is 0 Å². The van der Waals surface area contributed by atoms with Gasteiger partial charge in [0, 0.05) is 20.2 Å². The van der Waals surface area contributed by atoms with Gasteiger partial charge in [-0.3, -0.25) is 4.79 Å². The number of carbonyl (C=O) groups is 1. The van der Waals surface area contributed by atoms with Crippen molar-refractivity contribution in [1.29, 1.82) is 0 Å². The average Bonchev–Trinajstić information content (AvgIpc) is 1.81. The Hall–Kier alpha value is -0.990. The summed E-state index contributed by atoms with van der Waals surface area (Å²) < 4.78 is 4.89. The highest BCUT2D eigenvalue weighted by Crippen LogP contribution is 1.97. The molecule has 10 heavy (non-hydrogen) atoms. The van der Waals surface area contributed by atoms with Crippen LogP contribution >= 0.6 is 0 Å². The first-order valence-corrected chi connectivity index (χ1v) is 3.01. The molecule has 0 amide bonds. The quantitative estimate of drug-likeness (QED) is 0.428. The molecule has 0 bridgehead atoms. The summed E-state index contributed by atoms with van der Waals surface area (Å²) in [5.41, 5.74) is 0. The van der Waals surface area contributed by atoms with Crippen LogP contribution in [0.3, 0.4) is 0 Å². The normalized spacial score (nSPS) is 11.0. The maximum absolute atomic E-state index is 10.5. The maximum atomic E-state index is 10.5. The molecule has 58 valence electrons. The van der Waals surface area contributed by atoms with Crippen LogP contribution in [-0.4, -0.2) is 31.9 Å². The van der Waals surface area contributed by atoms with Crippen LogP contribution < -0.4 is 0 Å². The van der Waals surface area contributed by atoms with Crippen LogP contribution in [0.1, 0.15) is 6.92 Å². The van der Waals surface area contributed by atoms with Gasteiger partial charge in [-0.15, -0.1) is 0 Å². The number of hydrogen-bond donors (Lipinski definition) is 0. The largest absolute Gasteiger partial charge is 0.482 e. The topological polar surface area (TPSA) is 29.5 Å². The summed E-state index contributed by atoms with van der Waals surface area (Å²) in [7, 11) is 5.17. The Bertz CT molecular complexity index is 150. The highest BCUT2D eigenvalue weighted by Gasteiger charge is 1.98. The van der Waals surface area contributed by atoms with Crippen molar-refractivity contribution in [3.8, 4) is 0 Å². The van der Waals surface area contributed by atoms with E-state index in [1.54, 1.807) is 4.90 Å². The minimum atomic E-state index is -0.00875. The van der Waals surface area contributed by atoms with Crippen molar-refractivity contribution in [3.63, 3.8) is 0 Å². The van der Waals surface area contributed by atoms with E-state index in [1.165, 1.54) is 20.1 Å². The van der Waals surface area contributed by atoms with Gasteiger partial charge in [0.05, 0.1) is 7.11 Å².